The monoisotopic (exact) mass is 380 g/mol. The third-order valence-electron chi connectivity index (χ3n) is 4.41. The summed E-state index contributed by atoms with van der Waals surface area (Å²) < 4.78 is 21.4. The quantitative estimate of drug-likeness (QED) is 0.255. The Kier molecular flexibility index (Phi) is 12.6. The summed E-state index contributed by atoms with van der Waals surface area (Å²) in [7, 11) is 5.71. The molecule has 0 bridgehead atoms. The van der Waals surface area contributed by atoms with Gasteiger partial charge < -0.3 is 29.6 Å². The second-order valence-corrected chi connectivity index (χ2v) is 11.2. The third kappa shape index (κ3) is 10.4. The Morgan fingerprint density at radius 3 is 1.42 bits per heavy atom. The molecule has 144 valence electrons. The molecule has 0 aliphatic rings. The molecule has 24 heavy (non-hydrogen) atoms. The molecular formula is C15H36N2O5Si2. The average molecular weight is 381 g/mol. The normalized spacial score (nSPS) is 13.2. The van der Waals surface area contributed by atoms with E-state index in [9.17, 15) is 4.79 Å². The molecule has 0 atom stereocenters. The zero-order chi connectivity index (χ0) is 18.5. The molecule has 0 saturated carbocycles. The van der Waals surface area contributed by atoms with Gasteiger partial charge in [-0.3, -0.25) is 0 Å². The predicted octanol–water partition coefficient (Wildman–Crippen LogP) is 0.173. The van der Waals surface area contributed by atoms with Crippen LogP contribution >= 0.6 is 0 Å². The van der Waals surface area contributed by atoms with Gasteiger partial charge in [0.1, 0.15) is 10.8 Å². The second kappa shape index (κ2) is 12.8. The summed E-state index contributed by atoms with van der Waals surface area (Å²) in [4.78, 5) is 11.7. The van der Waals surface area contributed by atoms with Crippen molar-refractivity contribution in [1.29, 1.82) is 0 Å². The molecule has 0 heterocycles. The highest BCUT2D eigenvalue weighted by molar-refractivity contribution is 6.39. The van der Waals surface area contributed by atoms with Gasteiger partial charge in [0.25, 0.3) is 0 Å². The van der Waals surface area contributed by atoms with E-state index < -0.39 is 29.9 Å². The first-order valence-corrected chi connectivity index (χ1v) is 12.0. The molecule has 2 N–H and O–H groups in total. The molecule has 0 fully saturated rings. The predicted molar refractivity (Wildman–Crippen MR) is 102 cm³/mol. The fraction of sp³-hybridized carbons (Fsp3) is 0.933. The van der Waals surface area contributed by atoms with E-state index in [1.54, 1.807) is 28.4 Å². The van der Waals surface area contributed by atoms with Crippen molar-refractivity contribution in [2.45, 2.75) is 49.6 Å². The molecule has 0 saturated heterocycles. The van der Waals surface area contributed by atoms with Crippen LogP contribution in [0.4, 0.5) is 4.79 Å². The number of carbonyl (C=O) groups is 1. The molecule has 0 rings (SSSR count). The van der Waals surface area contributed by atoms with Crippen LogP contribution in [0.3, 0.4) is 0 Å². The first kappa shape index (κ1) is 23.5. The van der Waals surface area contributed by atoms with Crippen molar-refractivity contribution >= 4 is 25.1 Å². The molecule has 0 aromatic rings. The van der Waals surface area contributed by atoms with Crippen molar-refractivity contribution < 1.29 is 23.7 Å². The van der Waals surface area contributed by atoms with Crippen LogP contribution in [0.2, 0.25) is 12.1 Å². The highest BCUT2D eigenvalue weighted by atomic mass is 28.2. The van der Waals surface area contributed by atoms with Crippen molar-refractivity contribution in [2.24, 2.45) is 0 Å². The lowest BCUT2D eigenvalue weighted by molar-refractivity contribution is -0.131. The molecule has 7 nitrogen and oxygen atoms in total. The average Bonchev–Trinajstić information content (AvgIpc) is 2.60. The van der Waals surface area contributed by atoms with E-state index in [0.29, 0.717) is 13.1 Å². The van der Waals surface area contributed by atoms with Gasteiger partial charge in [-0.05, 0) is 26.7 Å². The molecule has 0 unspecified atom stereocenters. The van der Waals surface area contributed by atoms with Crippen LogP contribution in [0.5, 0.6) is 0 Å². The summed E-state index contributed by atoms with van der Waals surface area (Å²) in [6, 6.07) is 2.04. The number of urea groups is 1. The number of methoxy groups -OCH3 is 4. The maximum absolute atomic E-state index is 11.7. The lowest BCUT2D eigenvalue weighted by Crippen LogP contribution is -2.39. The zero-order valence-electron chi connectivity index (χ0n) is 16.2. The Balaban J connectivity index is 3.61. The van der Waals surface area contributed by atoms with Crippen molar-refractivity contribution in [3.05, 3.63) is 0 Å². The largest absolute Gasteiger partial charge is 0.358 e. The summed E-state index contributed by atoms with van der Waals surface area (Å²) in [5.41, 5.74) is -0.796. The van der Waals surface area contributed by atoms with Crippen LogP contribution in [-0.2, 0) is 18.9 Å². The van der Waals surface area contributed by atoms with Gasteiger partial charge in [0.05, 0.1) is 19.0 Å². The summed E-state index contributed by atoms with van der Waals surface area (Å²) >= 11 is 0. The molecule has 0 aliphatic carbocycles. The van der Waals surface area contributed by atoms with E-state index in [1.807, 2.05) is 13.8 Å². The van der Waals surface area contributed by atoms with Crippen molar-refractivity contribution in [2.75, 3.05) is 41.5 Å². The maximum Gasteiger partial charge on any atom is 0.314 e. The van der Waals surface area contributed by atoms with E-state index in [0.717, 1.165) is 24.9 Å². The fourth-order valence-corrected chi connectivity index (χ4v) is 5.28. The molecule has 2 amide bonds. The summed E-state index contributed by atoms with van der Waals surface area (Å²) in [5, 5.41) is 5.77. The van der Waals surface area contributed by atoms with E-state index in [1.165, 1.54) is 0 Å². The molecule has 9 heteroatoms. The van der Waals surface area contributed by atoms with Crippen molar-refractivity contribution in [3.8, 4) is 0 Å². The Morgan fingerprint density at radius 1 is 0.792 bits per heavy atom. The first-order valence-electron chi connectivity index (χ1n) is 8.57. The molecule has 0 aromatic heterocycles. The van der Waals surface area contributed by atoms with Crippen LogP contribution in [-0.4, -0.2) is 77.4 Å². The summed E-state index contributed by atoms with van der Waals surface area (Å²) in [5.74, 6) is 0. The number of ether oxygens (including phenoxy) is 4. The van der Waals surface area contributed by atoms with Crippen LogP contribution in [0.25, 0.3) is 0 Å². The Labute approximate surface area is 151 Å². The summed E-state index contributed by atoms with van der Waals surface area (Å²) in [6.45, 7) is 5.31. The molecule has 0 spiro atoms. The third-order valence-corrected chi connectivity index (χ3v) is 9.09. The van der Waals surface area contributed by atoms with Gasteiger partial charge in [-0.25, -0.2) is 4.79 Å². The SMILES string of the molecule is COC(C)(OC)[SiH2]CCCNC(=O)NCCC[SiH2]C(C)(OC)OC. The van der Waals surface area contributed by atoms with Crippen LogP contribution in [0.15, 0.2) is 0 Å². The van der Waals surface area contributed by atoms with E-state index in [2.05, 4.69) is 10.6 Å². The van der Waals surface area contributed by atoms with E-state index in [4.69, 9.17) is 18.9 Å². The maximum atomic E-state index is 11.7. The Morgan fingerprint density at radius 2 is 1.12 bits per heavy atom. The van der Waals surface area contributed by atoms with Crippen LogP contribution < -0.4 is 10.6 Å². The minimum Gasteiger partial charge on any atom is -0.358 e. The standard InChI is InChI=1S/C15H36N2O5Si2/c1-14(19-3,20-4)23-11-7-9-16-13(18)17-10-8-12-24-15(2,21-5)22-6/h7-12,23-24H2,1-6H3,(H2,16,17,18). The highest BCUT2D eigenvalue weighted by Gasteiger charge is 2.22. The number of nitrogens with one attached hydrogen (secondary N) is 2. The molecular weight excluding hydrogens is 344 g/mol. The minimum atomic E-state index is -0.493. The smallest absolute Gasteiger partial charge is 0.314 e. The van der Waals surface area contributed by atoms with Gasteiger partial charge in [0.15, 0.2) is 0 Å². The van der Waals surface area contributed by atoms with Gasteiger partial charge >= 0.3 is 6.03 Å². The number of amides is 2. The number of hydrogen-bond donors (Lipinski definition) is 2. The van der Waals surface area contributed by atoms with Crippen LogP contribution in [0.1, 0.15) is 26.7 Å². The topological polar surface area (TPSA) is 78.1 Å². The summed E-state index contributed by atoms with van der Waals surface area (Å²) in [6.07, 6.45) is 1.91. The number of carbonyl (C=O) groups excluding carboxylic acids is 1. The Hall–Kier alpha value is -0.456. The fourth-order valence-electron chi connectivity index (χ4n) is 2.18. The van der Waals surface area contributed by atoms with Crippen molar-refractivity contribution in [1.82, 2.24) is 10.6 Å². The zero-order valence-corrected chi connectivity index (χ0v) is 19.0. The highest BCUT2D eigenvalue weighted by Crippen LogP contribution is 2.11. The van der Waals surface area contributed by atoms with Gasteiger partial charge in [0, 0.05) is 41.5 Å². The van der Waals surface area contributed by atoms with Gasteiger partial charge in [-0.15, -0.1) is 0 Å². The second-order valence-electron chi connectivity index (χ2n) is 6.18. The molecule has 0 aromatic carbocycles. The number of hydrogen-bond acceptors (Lipinski definition) is 5. The van der Waals surface area contributed by atoms with E-state index in [-0.39, 0.29) is 6.03 Å². The lowest BCUT2D eigenvalue weighted by atomic mass is 10.4. The van der Waals surface area contributed by atoms with Crippen LogP contribution in [0, 0.1) is 0 Å². The molecule has 0 aliphatic heterocycles. The lowest BCUT2D eigenvalue weighted by Gasteiger charge is -2.26. The minimum absolute atomic E-state index is 0.0965. The van der Waals surface area contributed by atoms with Gasteiger partial charge in [-0.1, -0.05) is 12.1 Å². The van der Waals surface area contributed by atoms with Crippen molar-refractivity contribution in [3.63, 3.8) is 0 Å². The van der Waals surface area contributed by atoms with Gasteiger partial charge in [-0.2, -0.15) is 0 Å². The van der Waals surface area contributed by atoms with E-state index >= 15 is 0 Å². The van der Waals surface area contributed by atoms with Gasteiger partial charge in [0.2, 0.25) is 0 Å². The first-order chi connectivity index (χ1) is 11.3. The Bertz CT molecular complexity index is 310. The molecule has 0 radical (unpaired) electrons. The number of rotatable bonds is 14.